The molecule has 1 unspecified atom stereocenters. The van der Waals surface area contributed by atoms with Gasteiger partial charge in [-0.15, -0.1) is 0 Å². The van der Waals surface area contributed by atoms with Crippen LogP contribution in [0.5, 0.6) is 0 Å². The summed E-state index contributed by atoms with van der Waals surface area (Å²) in [5.74, 6) is -0.0767. The van der Waals surface area contributed by atoms with Crippen LogP contribution in [0, 0.1) is 11.3 Å². The minimum atomic E-state index is -3.16. The molecule has 0 spiro atoms. The standard InChI is InChI=1S/C10H21N2O5PS/c1-12(2)18(16-6-4-5-11)17-8-10-19(13,14)9-7-15-3/h4,6-10H2,1-3H3. The largest absolute Gasteiger partial charge is 0.384 e. The molecular formula is C10H21N2O5PS. The third-order valence-electron chi connectivity index (χ3n) is 1.94. The Morgan fingerprint density at radius 2 is 1.74 bits per heavy atom. The van der Waals surface area contributed by atoms with Crippen LogP contribution in [-0.4, -0.2) is 65.6 Å². The molecule has 0 fully saturated rings. The van der Waals surface area contributed by atoms with E-state index in [1.165, 1.54) is 7.11 Å². The first-order valence-electron chi connectivity index (χ1n) is 5.72. The molecule has 112 valence electrons. The molecule has 0 radical (unpaired) electrons. The molecule has 19 heavy (non-hydrogen) atoms. The maximum atomic E-state index is 11.6. The maximum Gasteiger partial charge on any atom is 0.258 e. The smallest absolute Gasteiger partial charge is 0.258 e. The van der Waals surface area contributed by atoms with Crippen LogP contribution >= 0.6 is 8.53 Å². The van der Waals surface area contributed by atoms with Crippen molar-refractivity contribution in [1.29, 1.82) is 5.26 Å². The fourth-order valence-corrected chi connectivity index (χ4v) is 3.11. The van der Waals surface area contributed by atoms with Gasteiger partial charge >= 0.3 is 0 Å². The van der Waals surface area contributed by atoms with E-state index in [1.807, 2.05) is 6.07 Å². The van der Waals surface area contributed by atoms with Gasteiger partial charge in [-0.3, -0.25) is 0 Å². The molecular weight excluding hydrogens is 291 g/mol. The van der Waals surface area contributed by atoms with E-state index in [9.17, 15) is 8.42 Å². The summed E-state index contributed by atoms with van der Waals surface area (Å²) >= 11 is 0. The van der Waals surface area contributed by atoms with Gasteiger partial charge in [0.2, 0.25) is 0 Å². The fraction of sp³-hybridized carbons (Fsp3) is 0.900. The predicted octanol–water partition coefficient (Wildman–Crippen LogP) is 0.783. The van der Waals surface area contributed by atoms with Gasteiger partial charge in [0, 0.05) is 7.11 Å². The van der Waals surface area contributed by atoms with Crippen LogP contribution in [0.3, 0.4) is 0 Å². The zero-order valence-electron chi connectivity index (χ0n) is 11.5. The van der Waals surface area contributed by atoms with E-state index in [2.05, 4.69) is 0 Å². The quantitative estimate of drug-likeness (QED) is 0.411. The van der Waals surface area contributed by atoms with Crippen molar-refractivity contribution in [2.45, 2.75) is 6.42 Å². The lowest BCUT2D eigenvalue weighted by molar-refractivity contribution is 0.216. The van der Waals surface area contributed by atoms with E-state index in [4.69, 9.17) is 19.0 Å². The molecule has 0 aromatic rings. The van der Waals surface area contributed by atoms with Gasteiger partial charge in [-0.05, 0) is 14.1 Å². The van der Waals surface area contributed by atoms with Crippen molar-refractivity contribution < 1.29 is 22.2 Å². The van der Waals surface area contributed by atoms with Crippen LogP contribution in [0.25, 0.3) is 0 Å². The molecule has 0 aromatic carbocycles. The highest BCUT2D eigenvalue weighted by Gasteiger charge is 2.16. The first-order valence-corrected chi connectivity index (χ1v) is 8.67. The number of methoxy groups -OCH3 is 1. The van der Waals surface area contributed by atoms with Gasteiger partial charge in [0.25, 0.3) is 8.53 Å². The third-order valence-corrected chi connectivity index (χ3v) is 4.97. The van der Waals surface area contributed by atoms with E-state index < -0.39 is 18.4 Å². The van der Waals surface area contributed by atoms with Gasteiger partial charge in [-0.25, -0.2) is 13.1 Å². The van der Waals surface area contributed by atoms with Crippen molar-refractivity contribution in [3.63, 3.8) is 0 Å². The highest BCUT2D eigenvalue weighted by atomic mass is 32.2. The molecule has 0 saturated heterocycles. The van der Waals surface area contributed by atoms with Crippen molar-refractivity contribution in [2.75, 3.05) is 52.5 Å². The lowest BCUT2D eigenvalue weighted by Gasteiger charge is -2.22. The van der Waals surface area contributed by atoms with Gasteiger partial charge in [0.05, 0.1) is 43.8 Å². The van der Waals surface area contributed by atoms with Crippen LogP contribution in [0.1, 0.15) is 6.42 Å². The summed E-state index contributed by atoms with van der Waals surface area (Å²) in [6.07, 6.45) is 0.280. The van der Waals surface area contributed by atoms with E-state index in [-0.39, 0.29) is 37.7 Å². The van der Waals surface area contributed by atoms with Gasteiger partial charge in [-0.2, -0.15) is 5.26 Å². The Morgan fingerprint density at radius 3 is 2.26 bits per heavy atom. The molecule has 0 aromatic heterocycles. The molecule has 0 amide bonds. The molecule has 0 aliphatic rings. The maximum absolute atomic E-state index is 11.6. The summed E-state index contributed by atoms with van der Waals surface area (Å²) in [5.41, 5.74) is 0. The third kappa shape index (κ3) is 10.2. The lowest BCUT2D eigenvalue weighted by atomic mass is 10.5. The number of nitriles is 1. The van der Waals surface area contributed by atoms with Crippen LogP contribution in [0.15, 0.2) is 0 Å². The van der Waals surface area contributed by atoms with Crippen LogP contribution in [0.2, 0.25) is 0 Å². The zero-order valence-corrected chi connectivity index (χ0v) is 13.2. The Labute approximate surface area is 116 Å². The molecule has 0 aliphatic heterocycles. The van der Waals surface area contributed by atoms with E-state index >= 15 is 0 Å². The van der Waals surface area contributed by atoms with Gasteiger partial charge in [0.15, 0.2) is 9.84 Å². The molecule has 0 rings (SSSR count). The van der Waals surface area contributed by atoms with Crippen molar-refractivity contribution in [3.8, 4) is 6.07 Å². The minimum Gasteiger partial charge on any atom is -0.384 e. The second kappa shape index (κ2) is 10.5. The Kier molecular flexibility index (Phi) is 10.3. The van der Waals surface area contributed by atoms with Crippen molar-refractivity contribution in [1.82, 2.24) is 4.67 Å². The molecule has 0 N–H and O–H groups in total. The highest BCUT2D eigenvalue weighted by Crippen LogP contribution is 2.40. The van der Waals surface area contributed by atoms with Crippen molar-refractivity contribution in [3.05, 3.63) is 0 Å². The number of hydrogen-bond acceptors (Lipinski definition) is 7. The summed E-state index contributed by atoms with van der Waals surface area (Å²) in [5, 5.41) is 8.41. The van der Waals surface area contributed by atoms with Gasteiger partial charge in [-0.1, -0.05) is 0 Å². The fourth-order valence-electron chi connectivity index (χ4n) is 0.992. The summed E-state index contributed by atoms with van der Waals surface area (Å²) in [6, 6.07) is 1.97. The Bertz CT molecular complexity index is 369. The normalized spacial score (nSPS) is 13.4. The van der Waals surface area contributed by atoms with E-state index in [0.29, 0.717) is 0 Å². The lowest BCUT2D eigenvalue weighted by Crippen LogP contribution is -2.19. The average molecular weight is 312 g/mol. The first kappa shape index (κ1) is 18.7. The van der Waals surface area contributed by atoms with Crippen molar-refractivity contribution >= 4 is 18.4 Å². The predicted molar refractivity (Wildman–Crippen MR) is 73.3 cm³/mol. The number of rotatable bonds is 11. The van der Waals surface area contributed by atoms with E-state index in [0.717, 1.165) is 0 Å². The molecule has 1 atom stereocenters. The number of nitrogens with zero attached hydrogens (tertiary/aromatic N) is 2. The molecule has 0 bridgehead atoms. The number of sulfone groups is 1. The molecule has 7 nitrogen and oxygen atoms in total. The summed E-state index contributed by atoms with van der Waals surface area (Å²) in [4.78, 5) is 0. The molecule has 9 heteroatoms. The number of ether oxygens (including phenoxy) is 1. The Balaban J connectivity index is 4.02. The second-order valence-electron chi connectivity index (χ2n) is 3.80. The second-order valence-corrected chi connectivity index (χ2v) is 7.90. The Morgan fingerprint density at radius 1 is 1.16 bits per heavy atom. The monoisotopic (exact) mass is 312 g/mol. The topological polar surface area (TPSA) is 88.9 Å². The zero-order chi connectivity index (χ0) is 14.7. The average Bonchev–Trinajstić information content (AvgIpc) is 2.34. The van der Waals surface area contributed by atoms with Crippen LogP contribution in [-0.2, 0) is 23.6 Å². The van der Waals surface area contributed by atoms with Crippen LogP contribution in [0.4, 0.5) is 0 Å². The van der Waals surface area contributed by atoms with E-state index in [1.54, 1.807) is 18.8 Å². The highest BCUT2D eigenvalue weighted by molar-refractivity contribution is 7.91. The summed E-state index contributed by atoms with van der Waals surface area (Å²) < 4.78 is 40.3. The summed E-state index contributed by atoms with van der Waals surface area (Å²) in [7, 11) is 0.542. The Hall–Kier alpha value is -0.290. The van der Waals surface area contributed by atoms with Crippen LogP contribution < -0.4 is 0 Å². The van der Waals surface area contributed by atoms with Gasteiger partial charge in [0.1, 0.15) is 0 Å². The first-order chi connectivity index (χ1) is 8.93. The molecule has 0 aliphatic carbocycles. The molecule has 0 saturated carbocycles. The van der Waals surface area contributed by atoms with Gasteiger partial charge < -0.3 is 13.8 Å². The number of hydrogen-bond donors (Lipinski definition) is 0. The van der Waals surface area contributed by atoms with Crippen molar-refractivity contribution in [2.24, 2.45) is 0 Å². The molecule has 0 heterocycles. The minimum absolute atomic E-state index is 0.0119. The summed E-state index contributed by atoms with van der Waals surface area (Å²) in [6.45, 7) is 0.530. The SMILES string of the molecule is COCCS(=O)(=O)CCOP(OCCC#N)N(C)C.